The van der Waals surface area contributed by atoms with Gasteiger partial charge in [0.25, 0.3) is 0 Å². The van der Waals surface area contributed by atoms with E-state index in [0.717, 1.165) is 41.9 Å². The molecule has 1 N–H and O–H groups in total. The lowest BCUT2D eigenvalue weighted by molar-refractivity contribution is -0.137. The summed E-state index contributed by atoms with van der Waals surface area (Å²) >= 11 is 0. The number of aliphatic hydroxyl groups is 1. The molecule has 0 spiro atoms. The number of hydrogen-bond acceptors (Lipinski definition) is 6. The van der Waals surface area contributed by atoms with E-state index in [2.05, 4.69) is 16.0 Å². The van der Waals surface area contributed by atoms with Crippen LogP contribution in [-0.4, -0.2) is 59.0 Å². The third-order valence-corrected chi connectivity index (χ3v) is 6.73. The summed E-state index contributed by atoms with van der Waals surface area (Å²) in [7, 11) is 0. The lowest BCUT2D eigenvalue weighted by atomic mass is 9.88. The Labute approximate surface area is 215 Å². The van der Waals surface area contributed by atoms with E-state index >= 15 is 0 Å². The minimum atomic E-state index is -4.43. The predicted molar refractivity (Wildman–Crippen MR) is 133 cm³/mol. The lowest BCUT2D eigenvalue weighted by Crippen LogP contribution is -2.41. The van der Waals surface area contributed by atoms with Crippen LogP contribution in [0, 0.1) is 0 Å². The van der Waals surface area contributed by atoms with Crippen molar-refractivity contribution in [1.29, 1.82) is 0 Å². The van der Waals surface area contributed by atoms with E-state index < -0.39 is 17.3 Å². The van der Waals surface area contributed by atoms with Crippen LogP contribution in [-0.2, 0) is 17.5 Å². The van der Waals surface area contributed by atoms with E-state index in [9.17, 15) is 23.1 Å². The van der Waals surface area contributed by atoms with Gasteiger partial charge in [0, 0.05) is 49.6 Å². The molecule has 0 unspecified atom stereocenters. The van der Waals surface area contributed by atoms with Crippen LogP contribution in [0.25, 0.3) is 0 Å². The third-order valence-electron chi connectivity index (χ3n) is 6.73. The van der Waals surface area contributed by atoms with Gasteiger partial charge < -0.3 is 24.4 Å². The van der Waals surface area contributed by atoms with Crippen molar-refractivity contribution in [2.45, 2.75) is 70.4 Å². The fourth-order valence-corrected chi connectivity index (χ4v) is 4.85. The molecule has 1 amide bonds. The molecule has 0 aliphatic carbocycles. The Kier molecular flexibility index (Phi) is 7.87. The number of pyridine rings is 1. The first-order chi connectivity index (χ1) is 17.4. The van der Waals surface area contributed by atoms with Crippen molar-refractivity contribution >= 4 is 11.8 Å². The number of alkyl halides is 3. The van der Waals surface area contributed by atoms with Gasteiger partial charge in [-0.2, -0.15) is 13.2 Å². The van der Waals surface area contributed by atoms with Crippen LogP contribution < -0.4 is 9.64 Å². The van der Waals surface area contributed by atoms with E-state index in [1.807, 2.05) is 32.9 Å². The zero-order chi connectivity index (χ0) is 26.8. The largest absolute Gasteiger partial charge is 0.472 e. The number of hydrogen-bond donors (Lipinski definition) is 1. The smallest absolute Gasteiger partial charge is 0.417 e. The Hall–Kier alpha value is -3.01. The zero-order valence-corrected chi connectivity index (χ0v) is 21.4. The van der Waals surface area contributed by atoms with Crippen molar-refractivity contribution in [3.8, 4) is 5.88 Å². The summed E-state index contributed by atoms with van der Waals surface area (Å²) < 4.78 is 49.6. The number of aromatic nitrogens is 1. The monoisotopic (exact) mass is 521 g/mol. The molecule has 202 valence electrons. The fraction of sp³-hybridized carbons (Fsp3) is 0.556. The molecule has 0 bridgehead atoms. The van der Waals surface area contributed by atoms with Gasteiger partial charge in [0.2, 0.25) is 5.88 Å². The maximum absolute atomic E-state index is 12.8. The second kappa shape index (κ2) is 10.8. The van der Waals surface area contributed by atoms with E-state index in [1.54, 1.807) is 4.90 Å². The number of halogens is 3. The van der Waals surface area contributed by atoms with Gasteiger partial charge in [0.1, 0.15) is 11.7 Å². The van der Waals surface area contributed by atoms with Crippen LogP contribution in [0.4, 0.5) is 23.7 Å². The van der Waals surface area contributed by atoms with Crippen molar-refractivity contribution in [2.75, 3.05) is 31.1 Å². The summed E-state index contributed by atoms with van der Waals surface area (Å²) in [4.78, 5) is 20.0. The number of likely N-dealkylation sites (tertiary alicyclic amines) is 1. The molecule has 10 heteroatoms. The first-order valence-corrected chi connectivity index (χ1v) is 12.6. The standard InChI is InChI=1S/C27H34F3N3O4/c1-26(2,3)37-25(35)32-11-8-18(9-12-32)19-4-6-23(20(14-19)17-34)33-13-10-22(16-33)36-24-7-5-21(15-31-24)27(28,29)30/h4-7,14-15,18,22,34H,8-13,16-17H2,1-3H3/t22-/m0/s1. The van der Waals surface area contributed by atoms with Crippen LogP contribution in [0.2, 0.25) is 0 Å². The Morgan fingerprint density at radius 3 is 2.41 bits per heavy atom. The number of carbonyl (C=O) groups is 1. The average Bonchev–Trinajstić information content (AvgIpc) is 3.30. The van der Waals surface area contributed by atoms with Gasteiger partial charge in [-0.1, -0.05) is 12.1 Å². The Balaban J connectivity index is 1.35. The van der Waals surface area contributed by atoms with Gasteiger partial charge in [-0.15, -0.1) is 0 Å². The van der Waals surface area contributed by atoms with Crippen LogP contribution in [0.3, 0.4) is 0 Å². The van der Waals surface area contributed by atoms with Gasteiger partial charge in [-0.05, 0) is 57.2 Å². The van der Waals surface area contributed by atoms with Gasteiger partial charge in [-0.25, -0.2) is 9.78 Å². The molecule has 3 heterocycles. The molecular weight excluding hydrogens is 487 g/mol. The molecule has 2 saturated heterocycles. The maximum Gasteiger partial charge on any atom is 0.417 e. The number of carbonyl (C=O) groups excluding carboxylic acids is 1. The molecule has 1 aromatic heterocycles. The fourth-order valence-electron chi connectivity index (χ4n) is 4.85. The number of anilines is 1. The van der Waals surface area contributed by atoms with Gasteiger partial charge in [0.15, 0.2) is 0 Å². The van der Waals surface area contributed by atoms with E-state index in [4.69, 9.17) is 9.47 Å². The molecule has 4 rings (SSSR count). The van der Waals surface area contributed by atoms with Crippen LogP contribution in [0.15, 0.2) is 36.5 Å². The average molecular weight is 522 g/mol. The molecule has 7 nitrogen and oxygen atoms in total. The second-order valence-corrected chi connectivity index (χ2v) is 10.6. The highest BCUT2D eigenvalue weighted by atomic mass is 19.4. The Morgan fingerprint density at radius 1 is 1.08 bits per heavy atom. The molecule has 2 aromatic rings. The zero-order valence-electron chi connectivity index (χ0n) is 21.4. The van der Waals surface area contributed by atoms with Crippen molar-refractivity contribution in [3.05, 3.63) is 53.2 Å². The number of rotatable bonds is 5. The first-order valence-electron chi connectivity index (χ1n) is 12.6. The quantitative estimate of drug-likeness (QED) is 0.571. The normalized spacial score (nSPS) is 19.3. The molecular formula is C27H34F3N3O4. The molecule has 0 saturated carbocycles. The molecule has 1 aromatic carbocycles. The Morgan fingerprint density at radius 2 is 1.81 bits per heavy atom. The SMILES string of the molecule is CC(C)(C)OC(=O)N1CCC(c2ccc(N3CC[C@H](Oc4ccc(C(F)(F)F)cn4)C3)c(CO)c2)CC1. The summed E-state index contributed by atoms with van der Waals surface area (Å²) in [5.74, 6) is 0.453. The van der Waals surface area contributed by atoms with Crippen molar-refractivity contribution in [3.63, 3.8) is 0 Å². The number of piperidine rings is 1. The molecule has 37 heavy (non-hydrogen) atoms. The summed E-state index contributed by atoms with van der Waals surface area (Å²) in [6.45, 7) is 7.96. The molecule has 2 aliphatic rings. The predicted octanol–water partition coefficient (Wildman–Crippen LogP) is 5.36. The number of ether oxygens (including phenoxy) is 2. The van der Waals surface area contributed by atoms with Crippen LogP contribution in [0.1, 0.15) is 62.6 Å². The highest BCUT2D eigenvalue weighted by Crippen LogP contribution is 2.34. The van der Waals surface area contributed by atoms with Crippen LogP contribution >= 0.6 is 0 Å². The van der Waals surface area contributed by atoms with Gasteiger partial charge in [-0.3, -0.25) is 0 Å². The summed E-state index contributed by atoms with van der Waals surface area (Å²) in [6.07, 6.45) is -1.81. The maximum atomic E-state index is 12.8. The van der Waals surface area contributed by atoms with Crippen LogP contribution in [0.5, 0.6) is 5.88 Å². The minimum Gasteiger partial charge on any atom is -0.472 e. The van der Waals surface area contributed by atoms with Crippen molar-refractivity contribution in [2.24, 2.45) is 0 Å². The third kappa shape index (κ3) is 6.85. The summed E-state index contributed by atoms with van der Waals surface area (Å²) in [5.41, 5.74) is 1.55. The van der Waals surface area contributed by atoms with E-state index in [-0.39, 0.29) is 24.7 Å². The lowest BCUT2D eigenvalue weighted by Gasteiger charge is -2.34. The number of aliphatic hydroxyl groups excluding tert-OH is 1. The van der Waals surface area contributed by atoms with E-state index in [0.29, 0.717) is 38.5 Å². The first kappa shape index (κ1) is 27.0. The van der Waals surface area contributed by atoms with Crippen molar-refractivity contribution in [1.82, 2.24) is 9.88 Å². The summed E-state index contributed by atoms with van der Waals surface area (Å²) in [5, 5.41) is 10.1. The van der Waals surface area contributed by atoms with Crippen molar-refractivity contribution < 1.29 is 32.5 Å². The van der Waals surface area contributed by atoms with Gasteiger partial charge >= 0.3 is 12.3 Å². The molecule has 1 atom stereocenters. The van der Waals surface area contributed by atoms with Gasteiger partial charge in [0.05, 0.1) is 18.7 Å². The van der Waals surface area contributed by atoms with E-state index in [1.165, 1.54) is 6.07 Å². The highest BCUT2D eigenvalue weighted by Gasteiger charge is 2.32. The number of amides is 1. The highest BCUT2D eigenvalue weighted by molar-refractivity contribution is 5.68. The summed E-state index contributed by atoms with van der Waals surface area (Å²) in [6, 6.07) is 8.34. The number of benzene rings is 1. The topological polar surface area (TPSA) is 75.1 Å². The minimum absolute atomic E-state index is 0.109. The molecule has 2 fully saturated rings. The number of nitrogens with zero attached hydrogens (tertiary/aromatic N) is 3. The second-order valence-electron chi connectivity index (χ2n) is 10.6. The Bertz CT molecular complexity index is 1080. The molecule has 2 aliphatic heterocycles. The molecule has 0 radical (unpaired) electrons.